The van der Waals surface area contributed by atoms with Crippen molar-refractivity contribution in [3.8, 4) is 0 Å². The average Bonchev–Trinajstić information content (AvgIpc) is 2.85. The lowest BCUT2D eigenvalue weighted by atomic mass is 10.1. The van der Waals surface area contributed by atoms with Crippen LogP contribution in [0.25, 0.3) is 21.8 Å². The number of aromatic amines is 1. The van der Waals surface area contributed by atoms with Crippen LogP contribution in [0, 0.1) is 0 Å². The van der Waals surface area contributed by atoms with Gasteiger partial charge in [0, 0.05) is 35.4 Å². The van der Waals surface area contributed by atoms with E-state index in [1.165, 1.54) is 21.9 Å². The van der Waals surface area contributed by atoms with Crippen LogP contribution in [-0.4, -0.2) is 22.7 Å². The fourth-order valence-electron chi connectivity index (χ4n) is 3.11. The van der Waals surface area contributed by atoms with Gasteiger partial charge in [0.05, 0.1) is 10.9 Å². The molecular formula is C22H28N4S. The quantitative estimate of drug-likeness (QED) is 0.439. The van der Waals surface area contributed by atoms with E-state index in [2.05, 4.69) is 71.7 Å². The Kier molecular flexibility index (Phi) is 6.58. The van der Waals surface area contributed by atoms with Gasteiger partial charge in [-0.25, -0.2) is 4.99 Å². The maximum atomic E-state index is 5.35. The van der Waals surface area contributed by atoms with E-state index in [4.69, 9.17) is 12.2 Å². The molecule has 0 aliphatic heterocycles. The number of nitrogens with one attached hydrogen (secondary N) is 3. The van der Waals surface area contributed by atoms with E-state index in [-0.39, 0.29) is 0 Å². The number of unbranched alkanes of at least 4 members (excludes halogenated alkanes) is 1. The summed E-state index contributed by atoms with van der Waals surface area (Å²) in [5.41, 5.74) is 3.53. The summed E-state index contributed by atoms with van der Waals surface area (Å²) in [7, 11) is 0. The van der Waals surface area contributed by atoms with Crippen LogP contribution in [0.15, 0.2) is 47.5 Å². The molecule has 0 spiro atoms. The van der Waals surface area contributed by atoms with Gasteiger partial charge in [0.15, 0.2) is 5.11 Å². The van der Waals surface area contributed by atoms with Crippen LogP contribution in [0.1, 0.15) is 39.2 Å². The number of H-pyrrole nitrogens is 1. The summed E-state index contributed by atoms with van der Waals surface area (Å²) >= 11 is 5.35. The number of rotatable bonds is 6. The highest BCUT2D eigenvalue weighted by Crippen LogP contribution is 2.26. The second kappa shape index (κ2) is 9.11. The highest BCUT2D eigenvalue weighted by Gasteiger charge is 2.07. The first-order chi connectivity index (χ1) is 13.1. The zero-order chi connectivity index (χ0) is 19.2. The van der Waals surface area contributed by atoms with E-state index < -0.39 is 0 Å². The third-order valence-electron chi connectivity index (χ3n) is 4.55. The van der Waals surface area contributed by atoms with Gasteiger partial charge in [-0.1, -0.05) is 57.5 Å². The van der Waals surface area contributed by atoms with E-state index in [0.717, 1.165) is 36.8 Å². The molecule has 0 bridgehead atoms. The first-order valence-electron chi connectivity index (χ1n) is 9.68. The highest BCUT2D eigenvalue weighted by molar-refractivity contribution is 7.80. The molecule has 3 rings (SSSR count). The first-order valence-corrected chi connectivity index (χ1v) is 10.1. The van der Waals surface area contributed by atoms with Crippen molar-refractivity contribution in [2.45, 2.75) is 46.2 Å². The smallest absolute Gasteiger partial charge is 0.193 e. The molecule has 2 aromatic carbocycles. The third kappa shape index (κ3) is 4.93. The van der Waals surface area contributed by atoms with Gasteiger partial charge in [0.1, 0.15) is 0 Å². The molecule has 0 fully saturated rings. The van der Waals surface area contributed by atoms with Crippen molar-refractivity contribution in [3.63, 3.8) is 0 Å². The van der Waals surface area contributed by atoms with Crippen molar-refractivity contribution in [3.05, 3.63) is 53.4 Å². The minimum Gasteiger partial charge on any atom is -0.361 e. The van der Waals surface area contributed by atoms with Crippen LogP contribution in [-0.2, 0) is 6.54 Å². The molecule has 0 atom stereocenters. The molecule has 0 unspecified atom stereocenters. The van der Waals surface area contributed by atoms with E-state index in [1.54, 1.807) is 0 Å². The van der Waals surface area contributed by atoms with Crippen LogP contribution in [0.3, 0.4) is 0 Å². The molecule has 27 heavy (non-hydrogen) atoms. The van der Waals surface area contributed by atoms with Crippen LogP contribution < -0.4 is 16.0 Å². The van der Waals surface area contributed by atoms with Crippen LogP contribution in [0.5, 0.6) is 0 Å². The predicted molar refractivity (Wildman–Crippen MR) is 119 cm³/mol. The van der Waals surface area contributed by atoms with Crippen LogP contribution in [0.4, 0.5) is 0 Å². The Morgan fingerprint density at radius 2 is 1.93 bits per heavy atom. The Morgan fingerprint density at radius 1 is 1.15 bits per heavy atom. The van der Waals surface area contributed by atoms with Crippen molar-refractivity contribution < 1.29 is 0 Å². The van der Waals surface area contributed by atoms with Gasteiger partial charge in [-0.2, -0.15) is 0 Å². The van der Waals surface area contributed by atoms with Crippen molar-refractivity contribution in [1.29, 1.82) is 0 Å². The topological polar surface area (TPSA) is 52.2 Å². The lowest BCUT2D eigenvalue weighted by molar-refractivity contribution is 0.590. The Bertz CT molecular complexity index is 1000. The number of benzene rings is 1. The van der Waals surface area contributed by atoms with Crippen molar-refractivity contribution in [2.75, 3.05) is 6.54 Å². The lowest BCUT2D eigenvalue weighted by Crippen LogP contribution is -2.22. The molecular weight excluding hydrogens is 352 g/mol. The van der Waals surface area contributed by atoms with Gasteiger partial charge in [-0.05, 0) is 36.3 Å². The molecule has 0 saturated heterocycles. The maximum absolute atomic E-state index is 5.35. The molecule has 0 radical (unpaired) electrons. The van der Waals surface area contributed by atoms with E-state index in [0.29, 0.717) is 11.2 Å². The van der Waals surface area contributed by atoms with Crippen LogP contribution in [0.2, 0.25) is 0 Å². The number of fused-ring (bicyclic) bond motifs is 3. The van der Waals surface area contributed by atoms with Gasteiger partial charge in [0.25, 0.3) is 0 Å². The SMILES string of the molecule is CCCCNC(=S)N=c1cccc2c(c1)[nH]c1c(CNC(C)C)cccc12. The predicted octanol–water partition coefficient (Wildman–Crippen LogP) is 4.39. The molecule has 1 heterocycles. The summed E-state index contributed by atoms with van der Waals surface area (Å²) in [6.45, 7) is 8.20. The Morgan fingerprint density at radius 3 is 2.70 bits per heavy atom. The highest BCUT2D eigenvalue weighted by atomic mass is 32.1. The summed E-state index contributed by atoms with van der Waals surface area (Å²) in [5, 5.41) is 10.5. The van der Waals surface area contributed by atoms with Crippen LogP contribution >= 0.6 is 12.2 Å². The standard InChI is InChI=1S/C22H28N4S/c1-4-5-12-23-22(27)25-17-9-7-10-18-19-11-6-8-16(14-24-15(2)3)21(19)26-20(18)13-17/h6-11,13,15,24,26H,4-5,12,14H2,1-3H3,(H,23,27). The summed E-state index contributed by atoms with van der Waals surface area (Å²) in [6, 6.07) is 15.2. The number of hydrogen-bond donors (Lipinski definition) is 3. The monoisotopic (exact) mass is 380 g/mol. The Balaban J connectivity index is 2.00. The van der Waals surface area contributed by atoms with Gasteiger partial charge >= 0.3 is 0 Å². The van der Waals surface area contributed by atoms with E-state index in [9.17, 15) is 0 Å². The van der Waals surface area contributed by atoms with Crippen molar-refractivity contribution in [2.24, 2.45) is 4.99 Å². The molecule has 142 valence electrons. The largest absolute Gasteiger partial charge is 0.361 e. The molecule has 0 aliphatic carbocycles. The molecule has 5 heteroatoms. The fourth-order valence-corrected chi connectivity index (χ4v) is 3.32. The molecule has 0 amide bonds. The zero-order valence-electron chi connectivity index (χ0n) is 16.3. The average molecular weight is 381 g/mol. The first kappa shape index (κ1) is 19.5. The summed E-state index contributed by atoms with van der Waals surface area (Å²) < 4.78 is 0. The molecule has 4 nitrogen and oxygen atoms in total. The number of nitrogens with zero attached hydrogens (tertiary/aromatic N) is 1. The van der Waals surface area contributed by atoms with Gasteiger partial charge in [-0.3, -0.25) is 0 Å². The van der Waals surface area contributed by atoms with Gasteiger partial charge in [0.2, 0.25) is 0 Å². The summed E-state index contributed by atoms with van der Waals surface area (Å²) in [5.74, 6) is 0. The number of aromatic nitrogens is 1. The minimum atomic E-state index is 0.453. The zero-order valence-corrected chi connectivity index (χ0v) is 17.1. The van der Waals surface area contributed by atoms with Crippen molar-refractivity contribution in [1.82, 2.24) is 15.6 Å². The third-order valence-corrected chi connectivity index (χ3v) is 4.79. The fraction of sp³-hybridized carbons (Fsp3) is 0.364. The molecule has 3 N–H and O–H groups in total. The van der Waals surface area contributed by atoms with Crippen molar-refractivity contribution >= 4 is 39.1 Å². The van der Waals surface area contributed by atoms with Gasteiger partial charge in [-0.15, -0.1) is 0 Å². The van der Waals surface area contributed by atoms with Gasteiger partial charge < -0.3 is 15.6 Å². The molecule has 0 saturated carbocycles. The summed E-state index contributed by atoms with van der Waals surface area (Å²) in [4.78, 5) is 8.15. The Hall–Kier alpha value is -2.24. The number of para-hydroxylation sites is 1. The normalized spacial score (nSPS) is 12.2. The second-order valence-corrected chi connectivity index (χ2v) is 7.51. The number of hydrogen-bond acceptors (Lipinski definition) is 2. The lowest BCUT2D eigenvalue weighted by Gasteiger charge is -2.08. The number of thiocarbonyl (C=S) groups is 1. The summed E-state index contributed by atoms with van der Waals surface area (Å²) in [6.07, 6.45) is 2.23. The van der Waals surface area contributed by atoms with E-state index >= 15 is 0 Å². The molecule has 3 aromatic rings. The minimum absolute atomic E-state index is 0.453. The molecule has 1 aromatic heterocycles. The van der Waals surface area contributed by atoms with E-state index in [1.807, 2.05) is 12.1 Å². The molecule has 0 aliphatic rings. The second-order valence-electron chi connectivity index (χ2n) is 7.12. The maximum Gasteiger partial charge on any atom is 0.193 e. The Labute approximate surface area is 166 Å².